The number of furan rings is 1. The van der Waals surface area contributed by atoms with Crippen molar-refractivity contribution in [1.29, 1.82) is 0 Å². The minimum absolute atomic E-state index is 0.236. The second kappa shape index (κ2) is 2.63. The standard InChI is InChI=1S/C10H8FO/c1-2-7-6-12-9-5-3-4-8(11)10(7)9/h3-6H,1-2H2. The van der Waals surface area contributed by atoms with Gasteiger partial charge in [-0.25, -0.2) is 4.39 Å². The molecule has 2 heteroatoms. The Hall–Kier alpha value is -1.31. The van der Waals surface area contributed by atoms with Crippen LogP contribution >= 0.6 is 0 Å². The molecule has 1 radical (unpaired) electrons. The van der Waals surface area contributed by atoms with Crippen molar-refractivity contribution in [3.05, 3.63) is 42.8 Å². The summed E-state index contributed by atoms with van der Waals surface area (Å²) >= 11 is 0. The van der Waals surface area contributed by atoms with Crippen LogP contribution in [0.3, 0.4) is 0 Å². The van der Waals surface area contributed by atoms with Crippen LogP contribution in [0.5, 0.6) is 0 Å². The van der Waals surface area contributed by atoms with Crippen molar-refractivity contribution in [2.24, 2.45) is 0 Å². The predicted molar refractivity (Wildman–Crippen MR) is 45.2 cm³/mol. The average molecular weight is 163 g/mol. The molecule has 0 unspecified atom stereocenters. The zero-order chi connectivity index (χ0) is 8.55. The maximum atomic E-state index is 13.2. The summed E-state index contributed by atoms with van der Waals surface area (Å²) in [5, 5.41) is 0.563. The SMILES string of the molecule is [CH2]Cc1coc2cccc(F)c12. The summed E-state index contributed by atoms with van der Waals surface area (Å²) in [6.45, 7) is 3.69. The highest BCUT2D eigenvalue weighted by Crippen LogP contribution is 2.23. The van der Waals surface area contributed by atoms with Crippen molar-refractivity contribution < 1.29 is 8.81 Å². The first-order valence-electron chi connectivity index (χ1n) is 3.77. The summed E-state index contributed by atoms with van der Waals surface area (Å²) in [6.07, 6.45) is 2.11. The van der Waals surface area contributed by atoms with E-state index in [0.29, 0.717) is 17.4 Å². The number of rotatable bonds is 1. The summed E-state index contributed by atoms with van der Waals surface area (Å²) in [6, 6.07) is 4.81. The molecule has 1 aromatic heterocycles. The largest absolute Gasteiger partial charge is 0.464 e. The maximum absolute atomic E-state index is 13.2. The van der Waals surface area contributed by atoms with Crippen LogP contribution in [0.25, 0.3) is 11.0 Å². The fourth-order valence-corrected chi connectivity index (χ4v) is 1.29. The van der Waals surface area contributed by atoms with Crippen LogP contribution in [-0.4, -0.2) is 0 Å². The first-order chi connectivity index (χ1) is 5.83. The lowest BCUT2D eigenvalue weighted by molar-refractivity contribution is 0.608. The third-order valence-electron chi connectivity index (χ3n) is 1.89. The van der Waals surface area contributed by atoms with Gasteiger partial charge >= 0.3 is 0 Å². The zero-order valence-corrected chi connectivity index (χ0v) is 6.51. The van der Waals surface area contributed by atoms with Gasteiger partial charge in [0.05, 0.1) is 11.6 Å². The van der Waals surface area contributed by atoms with Gasteiger partial charge in [0.15, 0.2) is 0 Å². The second-order valence-electron chi connectivity index (χ2n) is 2.62. The van der Waals surface area contributed by atoms with Gasteiger partial charge in [0, 0.05) is 5.56 Å². The Bertz CT molecular complexity index is 403. The summed E-state index contributed by atoms with van der Waals surface area (Å²) in [7, 11) is 0. The van der Waals surface area contributed by atoms with Gasteiger partial charge in [0.25, 0.3) is 0 Å². The van der Waals surface area contributed by atoms with E-state index in [0.717, 1.165) is 5.56 Å². The first kappa shape index (κ1) is 7.35. The minimum atomic E-state index is -0.236. The minimum Gasteiger partial charge on any atom is -0.464 e. The Kier molecular flexibility index (Phi) is 1.61. The van der Waals surface area contributed by atoms with E-state index >= 15 is 0 Å². The van der Waals surface area contributed by atoms with Crippen LogP contribution in [0.15, 0.2) is 28.9 Å². The summed E-state index contributed by atoms with van der Waals surface area (Å²) in [5.74, 6) is -0.236. The van der Waals surface area contributed by atoms with Crippen LogP contribution in [-0.2, 0) is 6.42 Å². The highest BCUT2D eigenvalue weighted by atomic mass is 19.1. The van der Waals surface area contributed by atoms with Gasteiger partial charge in [-0.15, -0.1) is 0 Å². The van der Waals surface area contributed by atoms with Gasteiger partial charge in [0.1, 0.15) is 11.4 Å². The number of benzene rings is 1. The Morgan fingerprint density at radius 2 is 2.25 bits per heavy atom. The number of fused-ring (bicyclic) bond motifs is 1. The van der Waals surface area contributed by atoms with E-state index in [2.05, 4.69) is 6.92 Å². The third-order valence-corrected chi connectivity index (χ3v) is 1.89. The van der Waals surface area contributed by atoms with Gasteiger partial charge < -0.3 is 4.42 Å². The molecule has 61 valence electrons. The Balaban J connectivity index is 2.83. The lowest BCUT2D eigenvalue weighted by Crippen LogP contribution is -1.80. The van der Waals surface area contributed by atoms with E-state index in [1.807, 2.05) is 0 Å². The van der Waals surface area contributed by atoms with Crippen LogP contribution in [0.1, 0.15) is 5.56 Å². The van der Waals surface area contributed by atoms with Gasteiger partial charge in [-0.05, 0) is 25.5 Å². The molecule has 0 amide bonds. The molecule has 1 heterocycles. The van der Waals surface area contributed by atoms with Gasteiger partial charge in [0.2, 0.25) is 0 Å². The first-order valence-corrected chi connectivity index (χ1v) is 3.77. The molecule has 0 bridgehead atoms. The molecule has 1 nitrogen and oxygen atoms in total. The van der Waals surface area contributed by atoms with Crippen molar-refractivity contribution in [2.75, 3.05) is 0 Å². The average Bonchev–Trinajstić information content (AvgIpc) is 2.49. The normalized spacial score (nSPS) is 10.8. The molecule has 0 aliphatic heterocycles. The number of hydrogen-bond acceptors (Lipinski definition) is 1. The van der Waals surface area contributed by atoms with Gasteiger partial charge in [-0.2, -0.15) is 0 Å². The summed E-state index contributed by atoms with van der Waals surface area (Å²) < 4.78 is 18.3. The van der Waals surface area contributed by atoms with Crippen molar-refractivity contribution in [3.63, 3.8) is 0 Å². The van der Waals surface area contributed by atoms with Crippen LogP contribution in [0, 0.1) is 12.7 Å². The van der Waals surface area contributed by atoms with Gasteiger partial charge in [-0.3, -0.25) is 0 Å². The molecule has 0 atom stereocenters. The lowest BCUT2D eigenvalue weighted by atomic mass is 10.1. The molecule has 0 spiro atoms. The smallest absolute Gasteiger partial charge is 0.137 e. The van der Waals surface area contributed by atoms with Crippen molar-refractivity contribution in [2.45, 2.75) is 6.42 Å². The van der Waals surface area contributed by atoms with E-state index in [-0.39, 0.29) is 5.82 Å². The molecule has 0 aliphatic carbocycles. The molecule has 0 N–H and O–H groups in total. The number of halogens is 1. The van der Waals surface area contributed by atoms with E-state index in [1.165, 1.54) is 6.07 Å². The van der Waals surface area contributed by atoms with Gasteiger partial charge in [-0.1, -0.05) is 6.07 Å². The van der Waals surface area contributed by atoms with E-state index < -0.39 is 0 Å². The molecular formula is C10H8FO. The lowest BCUT2D eigenvalue weighted by Gasteiger charge is -1.92. The molecule has 1 aromatic carbocycles. The molecular weight excluding hydrogens is 155 g/mol. The van der Waals surface area contributed by atoms with Crippen LogP contribution in [0.2, 0.25) is 0 Å². The molecule has 12 heavy (non-hydrogen) atoms. The van der Waals surface area contributed by atoms with Crippen LogP contribution in [0.4, 0.5) is 4.39 Å². The quantitative estimate of drug-likeness (QED) is 0.630. The fourth-order valence-electron chi connectivity index (χ4n) is 1.29. The molecule has 0 saturated heterocycles. The van der Waals surface area contributed by atoms with Crippen molar-refractivity contribution in [1.82, 2.24) is 0 Å². The highest BCUT2D eigenvalue weighted by molar-refractivity contribution is 5.81. The molecule has 0 aliphatic rings. The topological polar surface area (TPSA) is 13.1 Å². The summed E-state index contributed by atoms with van der Waals surface area (Å²) in [5.41, 5.74) is 1.41. The number of hydrogen-bond donors (Lipinski definition) is 0. The third kappa shape index (κ3) is 0.916. The molecule has 2 rings (SSSR count). The van der Waals surface area contributed by atoms with E-state index in [1.54, 1.807) is 18.4 Å². The predicted octanol–water partition coefficient (Wildman–Crippen LogP) is 2.95. The second-order valence-corrected chi connectivity index (χ2v) is 2.62. The monoisotopic (exact) mass is 163 g/mol. The van der Waals surface area contributed by atoms with Crippen molar-refractivity contribution in [3.8, 4) is 0 Å². The van der Waals surface area contributed by atoms with Crippen molar-refractivity contribution >= 4 is 11.0 Å². The van der Waals surface area contributed by atoms with E-state index in [4.69, 9.17) is 4.42 Å². The summed E-state index contributed by atoms with van der Waals surface area (Å²) in [4.78, 5) is 0. The highest BCUT2D eigenvalue weighted by Gasteiger charge is 2.07. The Morgan fingerprint density at radius 3 is 3.00 bits per heavy atom. The fraction of sp³-hybridized carbons (Fsp3) is 0.100. The van der Waals surface area contributed by atoms with E-state index in [9.17, 15) is 4.39 Å². The Labute approximate surface area is 69.8 Å². The zero-order valence-electron chi connectivity index (χ0n) is 6.51. The molecule has 0 saturated carbocycles. The Morgan fingerprint density at radius 1 is 1.42 bits per heavy atom. The maximum Gasteiger partial charge on any atom is 0.137 e. The molecule has 0 fully saturated rings. The molecule has 2 aromatic rings. The van der Waals surface area contributed by atoms with Crippen LogP contribution < -0.4 is 0 Å².